The quantitative estimate of drug-likeness (QED) is 0.812. The molecule has 0 aliphatic rings. The fraction of sp³-hybridized carbons (Fsp3) is 0.786. The molecule has 1 atom stereocenters. The summed E-state index contributed by atoms with van der Waals surface area (Å²) < 4.78 is 1.97. The minimum absolute atomic E-state index is 0.178. The smallest absolute Gasteiger partial charge is 0.0625 e. The number of nitrogens with zero attached hydrogens (tertiary/aromatic N) is 2. The second kappa shape index (κ2) is 6.34. The summed E-state index contributed by atoms with van der Waals surface area (Å²) in [4.78, 5) is 0. The van der Waals surface area contributed by atoms with Gasteiger partial charge in [-0.2, -0.15) is 5.10 Å². The largest absolute Gasteiger partial charge is 0.311 e. The van der Waals surface area contributed by atoms with Gasteiger partial charge in [-0.25, -0.2) is 0 Å². The highest BCUT2D eigenvalue weighted by molar-refractivity contribution is 5.10. The number of aromatic nitrogens is 2. The maximum absolute atomic E-state index is 4.45. The molecule has 0 aromatic carbocycles. The van der Waals surface area contributed by atoms with E-state index in [4.69, 9.17) is 0 Å². The third-order valence-electron chi connectivity index (χ3n) is 2.96. The maximum atomic E-state index is 4.45. The van der Waals surface area contributed by atoms with Crippen molar-refractivity contribution in [2.75, 3.05) is 6.54 Å². The third kappa shape index (κ3) is 5.19. The Morgan fingerprint density at radius 3 is 2.56 bits per heavy atom. The molecule has 0 amide bonds. The van der Waals surface area contributed by atoms with Gasteiger partial charge < -0.3 is 10.6 Å². The average molecular weight is 252 g/mol. The van der Waals surface area contributed by atoms with Gasteiger partial charge in [0.15, 0.2) is 0 Å². The Hall–Kier alpha value is -0.870. The van der Waals surface area contributed by atoms with Gasteiger partial charge in [0.1, 0.15) is 0 Å². The van der Waals surface area contributed by atoms with E-state index in [1.165, 1.54) is 5.69 Å². The molecule has 0 radical (unpaired) electrons. The van der Waals surface area contributed by atoms with E-state index >= 15 is 0 Å². The zero-order valence-electron chi connectivity index (χ0n) is 12.7. The van der Waals surface area contributed by atoms with Crippen molar-refractivity contribution >= 4 is 0 Å². The van der Waals surface area contributed by atoms with Crippen LogP contribution in [0.5, 0.6) is 0 Å². The highest BCUT2D eigenvalue weighted by Crippen LogP contribution is 2.04. The molecule has 4 nitrogen and oxygen atoms in total. The van der Waals surface area contributed by atoms with Crippen molar-refractivity contribution < 1.29 is 0 Å². The molecule has 0 aliphatic carbocycles. The van der Waals surface area contributed by atoms with Crippen LogP contribution in [0.4, 0.5) is 0 Å². The van der Waals surface area contributed by atoms with Crippen molar-refractivity contribution in [1.29, 1.82) is 0 Å². The average Bonchev–Trinajstić information content (AvgIpc) is 2.64. The van der Waals surface area contributed by atoms with Crippen LogP contribution in [0.2, 0.25) is 0 Å². The van der Waals surface area contributed by atoms with Crippen molar-refractivity contribution in [3.63, 3.8) is 0 Å². The number of aryl methyl sites for hydroxylation is 2. The lowest BCUT2D eigenvalue weighted by molar-refractivity contribution is 0.385. The van der Waals surface area contributed by atoms with Crippen molar-refractivity contribution in [1.82, 2.24) is 20.4 Å². The van der Waals surface area contributed by atoms with Gasteiger partial charge >= 0.3 is 0 Å². The lowest BCUT2D eigenvalue weighted by Gasteiger charge is -2.24. The lowest BCUT2D eigenvalue weighted by Crippen LogP contribution is -2.44. The Labute approximate surface area is 111 Å². The van der Waals surface area contributed by atoms with Gasteiger partial charge in [0.05, 0.1) is 11.4 Å². The van der Waals surface area contributed by atoms with Crippen molar-refractivity contribution in [3.8, 4) is 0 Å². The van der Waals surface area contributed by atoms with Crippen LogP contribution in [0.1, 0.15) is 46.0 Å². The summed E-state index contributed by atoms with van der Waals surface area (Å²) in [6.07, 6.45) is 0.995. The van der Waals surface area contributed by atoms with E-state index < -0.39 is 0 Å². The van der Waals surface area contributed by atoms with E-state index in [9.17, 15) is 0 Å². The second-order valence-corrected chi connectivity index (χ2v) is 6.02. The van der Waals surface area contributed by atoms with Gasteiger partial charge in [0.2, 0.25) is 0 Å². The summed E-state index contributed by atoms with van der Waals surface area (Å²) in [6.45, 7) is 12.8. The second-order valence-electron chi connectivity index (χ2n) is 6.02. The minimum Gasteiger partial charge on any atom is -0.311 e. The Kier molecular flexibility index (Phi) is 5.35. The predicted molar refractivity (Wildman–Crippen MR) is 76.6 cm³/mol. The number of hydrogen-bond donors (Lipinski definition) is 2. The van der Waals surface area contributed by atoms with Crippen LogP contribution in [0.15, 0.2) is 6.07 Å². The van der Waals surface area contributed by atoms with Gasteiger partial charge in [-0.15, -0.1) is 0 Å². The molecule has 104 valence electrons. The van der Waals surface area contributed by atoms with E-state index in [0.717, 1.165) is 25.2 Å². The van der Waals surface area contributed by atoms with Crippen molar-refractivity contribution in [2.24, 2.45) is 7.05 Å². The molecule has 0 fully saturated rings. The molecule has 1 unspecified atom stereocenters. The van der Waals surface area contributed by atoms with E-state index in [-0.39, 0.29) is 5.54 Å². The Morgan fingerprint density at radius 2 is 2.06 bits per heavy atom. The first kappa shape index (κ1) is 15.2. The first-order chi connectivity index (χ1) is 8.31. The molecule has 0 bridgehead atoms. The molecular weight excluding hydrogens is 224 g/mol. The van der Waals surface area contributed by atoms with E-state index in [1.54, 1.807) is 0 Å². The highest BCUT2D eigenvalue weighted by atomic mass is 15.3. The molecule has 1 aromatic rings. The molecule has 1 heterocycles. The Bertz CT molecular complexity index is 362. The Balaban J connectivity index is 2.37. The number of nitrogens with one attached hydrogen (secondary N) is 2. The summed E-state index contributed by atoms with van der Waals surface area (Å²) in [6, 6.07) is 2.63. The summed E-state index contributed by atoms with van der Waals surface area (Å²) in [7, 11) is 2.01. The van der Waals surface area contributed by atoms with Gasteiger partial charge in [-0.3, -0.25) is 4.68 Å². The zero-order chi connectivity index (χ0) is 13.8. The molecule has 0 spiro atoms. The summed E-state index contributed by atoms with van der Waals surface area (Å²) in [5, 5.41) is 11.5. The van der Waals surface area contributed by atoms with Gasteiger partial charge in [-0.1, -0.05) is 6.92 Å². The molecule has 1 rings (SSSR count). The Morgan fingerprint density at radius 1 is 1.39 bits per heavy atom. The van der Waals surface area contributed by atoms with E-state index in [1.807, 2.05) is 11.7 Å². The van der Waals surface area contributed by atoms with Gasteiger partial charge in [0, 0.05) is 31.7 Å². The predicted octanol–water partition coefficient (Wildman–Crippen LogP) is 1.85. The van der Waals surface area contributed by atoms with Crippen LogP contribution < -0.4 is 10.6 Å². The molecule has 0 saturated carbocycles. The van der Waals surface area contributed by atoms with Crippen LogP contribution in [-0.2, 0) is 20.0 Å². The first-order valence-corrected chi connectivity index (χ1v) is 6.82. The molecule has 2 N–H and O–H groups in total. The van der Waals surface area contributed by atoms with E-state index in [0.29, 0.717) is 6.04 Å². The molecule has 0 aliphatic heterocycles. The third-order valence-corrected chi connectivity index (χ3v) is 2.96. The van der Waals surface area contributed by atoms with Crippen LogP contribution >= 0.6 is 0 Å². The van der Waals surface area contributed by atoms with Gasteiger partial charge in [-0.05, 0) is 40.2 Å². The fourth-order valence-electron chi connectivity index (χ4n) is 1.72. The minimum atomic E-state index is 0.178. The van der Waals surface area contributed by atoms with Crippen LogP contribution in [0.25, 0.3) is 0 Å². The fourth-order valence-corrected chi connectivity index (χ4v) is 1.72. The van der Waals surface area contributed by atoms with Crippen molar-refractivity contribution in [3.05, 3.63) is 17.5 Å². The normalized spacial score (nSPS) is 13.9. The molecule has 18 heavy (non-hydrogen) atoms. The van der Waals surface area contributed by atoms with E-state index in [2.05, 4.69) is 56.4 Å². The zero-order valence-corrected chi connectivity index (χ0v) is 12.7. The summed E-state index contributed by atoms with van der Waals surface area (Å²) in [5.74, 6) is 0. The molecule has 1 aromatic heterocycles. The topological polar surface area (TPSA) is 41.9 Å². The van der Waals surface area contributed by atoms with Crippen LogP contribution in [0.3, 0.4) is 0 Å². The number of hydrogen-bond acceptors (Lipinski definition) is 3. The van der Waals surface area contributed by atoms with Crippen LogP contribution in [0, 0.1) is 0 Å². The summed E-state index contributed by atoms with van der Waals surface area (Å²) >= 11 is 0. The van der Waals surface area contributed by atoms with Gasteiger partial charge in [0.25, 0.3) is 0 Å². The SMILES string of the molecule is CCc1cc(CNC(C)CNC(C)(C)C)n(C)n1. The van der Waals surface area contributed by atoms with Crippen molar-refractivity contribution in [2.45, 2.75) is 59.2 Å². The maximum Gasteiger partial charge on any atom is 0.0625 e. The summed E-state index contributed by atoms with van der Waals surface area (Å²) in [5.41, 5.74) is 2.59. The first-order valence-electron chi connectivity index (χ1n) is 6.82. The van der Waals surface area contributed by atoms with Crippen LogP contribution in [-0.4, -0.2) is 27.9 Å². The number of rotatable bonds is 6. The standard InChI is InChI=1S/C14H28N4/c1-7-12-8-13(18(6)17-12)10-15-11(2)9-16-14(3,4)5/h8,11,15-16H,7,9-10H2,1-6H3. The molecular formula is C14H28N4. The highest BCUT2D eigenvalue weighted by Gasteiger charge is 2.11. The molecule has 0 saturated heterocycles. The monoisotopic (exact) mass is 252 g/mol. The lowest BCUT2D eigenvalue weighted by atomic mass is 10.1. The molecule has 4 heteroatoms.